The third-order valence-corrected chi connectivity index (χ3v) is 4.33. The number of nitrogens with one attached hydrogen (secondary N) is 1. The molecule has 2 rings (SSSR count). The molecule has 0 aromatic heterocycles. The Kier molecular flexibility index (Phi) is 4.88. The number of amides is 2. The molecule has 21 heavy (non-hydrogen) atoms. The average molecular weight is 355 g/mol. The summed E-state index contributed by atoms with van der Waals surface area (Å²) in [5.41, 5.74) is 0.778. The maximum Gasteiger partial charge on any atom is 0.252 e. The SMILES string of the molecule is CCC(C)N1C(=O)CC(Nc2ccc(OC)c(Br)c2)C1=O. The van der Waals surface area contributed by atoms with Crippen molar-refractivity contribution in [3.8, 4) is 5.75 Å². The van der Waals surface area contributed by atoms with Crippen molar-refractivity contribution in [3.63, 3.8) is 0 Å². The van der Waals surface area contributed by atoms with Crippen molar-refractivity contribution in [2.75, 3.05) is 12.4 Å². The molecular formula is C15H19BrN2O3. The van der Waals surface area contributed by atoms with Crippen molar-refractivity contribution < 1.29 is 14.3 Å². The van der Waals surface area contributed by atoms with Gasteiger partial charge in [-0.3, -0.25) is 14.5 Å². The Labute approximate surface area is 132 Å². The summed E-state index contributed by atoms with van der Waals surface area (Å²) in [5, 5.41) is 3.12. The zero-order valence-corrected chi connectivity index (χ0v) is 13.9. The van der Waals surface area contributed by atoms with E-state index in [1.807, 2.05) is 26.0 Å². The first-order valence-corrected chi connectivity index (χ1v) is 7.73. The van der Waals surface area contributed by atoms with Gasteiger partial charge < -0.3 is 10.1 Å². The number of hydrogen-bond donors (Lipinski definition) is 1. The summed E-state index contributed by atoms with van der Waals surface area (Å²) in [6, 6.07) is 4.92. The van der Waals surface area contributed by atoms with E-state index in [1.165, 1.54) is 4.90 Å². The molecule has 1 aliphatic heterocycles. The van der Waals surface area contributed by atoms with E-state index in [1.54, 1.807) is 13.2 Å². The number of halogens is 1. The lowest BCUT2D eigenvalue weighted by atomic mass is 10.2. The predicted octanol–water partition coefficient (Wildman–Crippen LogP) is 2.80. The molecule has 2 atom stereocenters. The van der Waals surface area contributed by atoms with Crippen molar-refractivity contribution in [3.05, 3.63) is 22.7 Å². The number of imide groups is 1. The molecule has 0 saturated carbocycles. The molecule has 1 aliphatic rings. The van der Waals surface area contributed by atoms with E-state index < -0.39 is 6.04 Å². The van der Waals surface area contributed by atoms with Crippen molar-refractivity contribution in [2.45, 2.75) is 38.8 Å². The molecule has 1 heterocycles. The Hall–Kier alpha value is -1.56. The lowest BCUT2D eigenvalue weighted by molar-refractivity contribution is -0.140. The van der Waals surface area contributed by atoms with Crippen LogP contribution in [0.5, 0.6) is 5.75 Å². The van der Waals surface area contributed by atoms with Crippen LogP contribution >= 0.6 is 15.9 Å². The van der Waals surface area contributed by atoms with Crippen LogP contribution in [-0.4, -0.2) is 35.9 Å². The summed E-state index contributed by atoms with van der Waals surface area (Å²) >= 11 is 3.40. The Morgan fingerprint density at radius 2 is 2.19 bits per heavy atom. The number of nitrogens with zero attached hydrogens (tertiary/aromatic N) is 1. The van der Waals surface area contributed by atoms with Gasteiger partial charge in [-0.15, -0.1) is 0 Å². The standard InChI is InChI=1S/C15H19BrN2O3/c1-4-9(2)18-14(19)8-12(15(18)20)17-10-5-6-13(21-3)11(16)7-10/h5-7,9,12,17H,4,8H2,1-3H3. The summed E-state index contributed by atoms with van der Waals surface area (Å²) in [7, 11) is 1.59. The van der Waals surface area contributed by atoms with Crippen LogP contribution in [0.2, 0.25) is 0 Å². The number of anilines is 1. The first-order valence-electron chi connectivity index (χ1n) is 6.93. The molecule has 1 saturated heterocycles. The van der Waals surface area contributed by atoms with E-state index in [0.717, 1.165) is 22.3 Å². The molecular weight excluding hydrogens is 336 g/mol. The Morgan fingerprint density at radius 1 is 1.48 bits per heavy atom. The molecule has 1 fully saturated rings. The number of ether oxygens (including phenoxy) is 1. The fourth-order valence-corrected chi connectivity index (χ4v) is 2.91. The number of carbonyl (C=O) groups is 2. The molecule has 0 radical (unpaired) electrons. The fraction of sp³-hybridized carbons (Fsp3) is 0.467. The van der Waals surface area contributed by atoms with Gasteiger partial charge in [0.25, 0.3) is 5.91 Å². The minimum atomic E-state index is -0.494. The Morgan fingerprint density at radius 3 is 2.76 bits per heavy atom. The number of methoxy groups -OCH3 is 1. The molecule has 6 heteroatoms. The smallest absolute Gasteiger partial charge is 0.252 e. The number of rotatable bonds is 5. The van der Waals surface area contributed by atoms with E-state index in [0.29, 0.717) is 0 Å². The van der Waals surface area contributed by atoms with Crippen LogP contribution in [0.1, 0.15) is 26.7 Å². The molecule has 1 aromatic carbocycles. The molecule has 114 valence electrons. The zero-order chi connectivity index (χ0) is 15.6. The molecule has 5 nitrogen and oxygen atoms in total. The van der Waals surface area contributed by atoms with Crippen LogP contribution < -0.4 is 10.1 Å². The third-order valence-electron chi connectivity index (χ3n) is 3.71. The van der Waals surface area contributed by atoms with Gasteiger partial charge in [-0.25, -0.2) is 0 Å². The number of likely N-dealkylation sites (tertiary alicyclic amines) is 1. The van der Waals surface area contributed by atoms with Crippen LogP contribution in [0.25, 0.3) is 0 Å². The van der Waals surface area contributed by atoms with Crippen molar-refractivity contribution in [2.24, 2.45) is 0 Å². The van der Waals surface area contributed by atoms with Crippen LogP contribution in [0.3, 0.4) is 0 Å². The summed E-state index contributed by atoms with van der Waals surface area (Å²) < 4.78 is 5.96. The molecule has 0 bridgehead atoms. The summed E-state index contributed by atoms with van der Waals surface area (Å²) in [4.78, 5) is 25.7. The van der Waals surface area contributed by atoms with Crippen LogP contribution in [0.4, 0.5) is 5.69 Å². The van der Waals surface area contributed by atoms with Gasteiger partial charge in [0, 0.05) is 11.7 Å². The highest BCUT2D eigenvalue weighted by atomic mass is 79.9. The van der Waals surface area contributed by atoms with Gasteiger partial charge in [-0.1, -0.05) is 6.92 Å². The Balaban J connectivity index is 2.12. The van der Waals surface area contributed by atoms with Crippen LogP contribution in [0, 0.1) is 0 Å². The zero-order valence-electron chi connectivity index (χ0n) is 12.4. The number of carbonyl (C=O) groups excluding carboxylic acids is 2. The van der Waals surface area contributed by atoms with E-state index in [2.05, 4.69) is 21.2 Å². The molecule has 1 aromatic rings. The second kappa shape index (κ2) is 6.47. The summed E-state index contributed by atoms with van der Waals surface area (Å²) in [6.45, 7) is 3.86. The third kappa shape index (κ3) is 3.20. The largest absolute Gasteiger partial charge is 0.496 e. The van der Waals surface area contributed by atoms with Gasteiger partial charge in [0.15, 0.2) is 0 Å². The quantitative estimate of drug-likeness (QED) is 0.826. The van der Waals surface area contributed by atoms with Gasteiger partial charge in [-0.05, 0) is 47.5 Å². The van der Waals surface area contributed by atoms with Crippen molar-refractivity contribution in [1.82, 2.24) is 4.90 Å². The van der Waals surface area contributed by atoms with Gasteiger partial charge in [0.05, 0.1) is 18.0 Å². The topological polar surface area (TPSA) is 58.6 Å². The van der Waals surface area contributed by atoms with E-state index in [-0.39, 0.29) is 24.3 Å². The van der Waals surface area contributed by atoms with E-state index >= 15 is 0 Å². The monoisotopic (exact) mass is 354 g/mol. The fourth-order valence-electron chi connectivity index (χ4n) is 2.37. The normalized spacial score (nSPS) is 19.8. The van der Waals surface area contributed by atoms with E-state index in [9.17, 15) is 9.59 Å². The average Bonchev–Trinajstić information content (AvgIpc) is 2.73. The highest BCUT2D eigenvalue weighted by Gasteiger charge is 2.40. The minimum Gasteiger partial charge on any atom is -0.496 e. The highest BCUT2D eigenvalue weighted by Crippen LogP contribution is 2.29. The van der Waals surface area contributed by atoms with Crippen LogP contribution in [-0.2, 0) is 9.59 Å². The van der Waals surface area contributed by atoms with Gasteiger partial charge >= 0.3 is 0 Å². The highest BCUT2D eigenvalue weighted by molar-refractivity contribution is 9.10. The molecule has 2 amide bonds. The predicted molar refractivity (Wildman–Crippen MR) is 84.3 cm³/mol. The Bertz CT molecular complexity index is 562. The molecule has 0 aliphatic carbocycles. The van der Waals surface area contributed by atoms with Gasteiger partial charge in [-0.2, -0.15) is 0 Å². The lowest BCUT2D eigenvalue weighted by Gasteiger charge is -2.22. The number of benzene rings is 1. The minimum absolute atomic E-state index is 0.0561. The molecule has 2 unspecified atom stereocenters. The van der Waals surface area contributed by atoms with Gasteiger partial charge in [0.1, 0.15) is 11.8 Å². The first kappa shape index (κ1) is 15.8. The number of hydrogen-bond acceptors (Lipinski definition) is 4. The molecule has 0 spiro atoms. The summed E-state index contributed by atoms with van der Waals surface area (Å²) in [6.07, 6.45) is 0.963. The first-order chi connectivity index (χ1) is 9.97. The van der Waals surface area contributed by atoms with Crippen molar-refractivity contribution >= 4 is 33.4 Å². The lowest BCUT2D eigenvalue weighted by Crippen LogP contribution is -2.40. The molecule has 1 N–H and O–H groups in total. The summed E-state index contributed by atoms with van der Waals surface area (Å²) in [5.74, 6) is 0.455. The van der Waals surface area contributed by atoms with Crippen LogP contribution in [0.15, 0.2) is 22.7 Å². The van der Waals surface area contributed by atoms with Crippen molar-refractivity contribution in [1.29, 1.82) is 0 Å². The maximum absolute atomic E-state index is 12.3. The maximum atomic E-state index is 12.3. The second-order valence-corrected chi connectivity index (χ2v) is 5.96. The van der Waals surface area contributed by atoms with Gasteiger partial charge in [0.2, 0.25) is 5.91 Å². The second-order valence-electron chi connectivity index (χ2n) is 5.11. The van der Waals surface area contributed by atoms with E-state index in [4.69, 9.17) is 4.74 Å².